The maximum atomic E-state index is 12.1. The number of hydrazine groups is 1. The Kier molecular flexibility index (Phi) is 5.69. The van der Waals surface area contributed by atoms with Crippen LogP contribution in [0.3, 0.4) is 0 Å². The topological polar surface area (TPSA) is 113 Å². The van der Waals surface area contributed by atoms with Crippen molar-refractivity contribution in [1.29, 1.82) is 0 Å². The molecule has 2 aromatic carbocycles. The molecule has 3 rings (SSSR count). The van der Waals surface area contributed by atoms with Gasteiger partial charge in [0.15, 0.2) is 0 Å². The highest BCUT2D eigenvalue weighted by Crippen LogP contribution is 2.07. The van der Waals surface area contributed by atoms with E-state index in [1.807, 2.05) is 19.1 Å². The maximum Gasteiger partial charge on any atom is 0.328 e. The van der Waals surface area contributed by atoms with Gasteiger partial charge in [-0.2, -0.15) is 0 Å². The first-order chi connectivity index (χ1) is 13.5. The number of fused-ring (bicyclic) bond motifs is 1. The van der Waals surface area contributed by atoms with Crippen LogP contribution in [0.5, 0.6) is 0 Å². The Morgan fingerprint density at radius 2 is 1.71 bits per heavy atom. The van der Waals surface area contributed by atoms with Crippen LogP contribution in [-0.4, -0.2) is 21.4 Å². The van der Waals surface area contributed by atoms with Crippen LogP contribution in [0.25, 0.3) is 10.9 Å². The SMILES string of the molecule is CCc1ccc(C(=O)NNC(=O)CCn2c(=O)[nH]c(=O)c3ccccc32)cc1. The van der Waals surface area contributed by atoms with Crippen molar-refractivity contribution >= 4 is 22.7 Å². The first kappa shape index (κ1) is 19.1. The van der Waals surface area contributed by atoms with Crippen molar-refractivity contribution in [2.45, 2.75) is 26.3 Å². The molecule has 0 saturated heterocycles. The number of para-hydroxylation sites is 1. The second-order valence-corrected chi connectivity index (χ2v) is 6.23. The minimum absolute atomic E-state index is 0.0506. The molecule has 0 aliphatic heterocycles. The molecule has 3 aromatic rings. The van der Waals surface area contributed by atoms with E-state index in [1.165, 1.54) is 4.57 Å². The van der Waals surface area contributed by atoms with Gasteiger partial charge in [-0.25, -0.2) is 4.79 Å². The number of nitrogens with zero attached hydrogens (tertiary/aromatic N) is 1. The van der Waals surface area contributed by atoms with Crippen LogP contribution >= 0.6 is 0 Å². The number of carbonyl (C=O) groups is 2. The van der Waals surface area contributed by atoms with Gasteiger partial charge in [-0.15, -0.1) is 0 Å². The van der Waals surface area contributed by atoms with E-state index in [2.05, 4.69) is 15.8 Å². The van der Waals surface area contributed by atoms with Gasteiger partial charge in [-0.3, -0.25) is 34.8 Å². The van der Waals surface area contributed by atoms with Crippen molar-refractivity contribution in [3.8, 4) is 0 Å². The van der Waals surface area contributed by atoms with Crippen molar-refractivity contribution < 1.29 is 9.59 Å². The summed E-state index contributed by atoms with van der Waals surface area (Å²) in [6.07, 6.45) is 0.822. The molecule has 0 unspecified atom stereocenters. The van der Waals surface area contributed by atoms with Crippen LogP contribution in [-0.2, 0) is 17.8 Å². The number of carbonyl (C=O) groups excluding carboxylic acids is 2. The molecule has 0 saturated carbocycles. The van der Waals surface area contributed by atoms with Gasteiger partial charge < -0.3 is 0 Å². The highest BCUT2D eigenvalue weighted by molar-refractivity contribution is 5.95. The molecule has 8 heteroatoms. The molecule has 3 N–H and O–H groups in total. The van der Waals surface area contributed by atoms with E-state index in [-0.39, 0.29) is 13.0 Å². The van der Waals surface area contributed by atoms with Gasteiger partial charge >= 0.3 is 5.69 Å². The zero-order valence-corrected chi connectivity index (χ0v) is 15.3. The minimum atomic E-state index is -0.587. The van der Waals surface area contributed by atoms with Gasteiger partial charge in [-0.1, -0.05) is 31.2 Å². The lowest BCUT2D eigenvalue weighted by Crippen LogP contribution is -2.42. The van der Waals surface area contributed by atoms with Gasteiger partial charge in [-0.05, 0) is 36.2 Å². The van der Waals surface area contributed by atoms with E-state index in [4.69, 9.17) is 0 Å². The van der Waals surface area contributed by atoms with E-state index in [1.54, 1.807) is 36.4 Å². The van der Waals surface area contributed by atoms with Crippen LogP contribution in [0.15, 0.2) is 58.1 Å². The molecule has 8 nitrogen and oxygen atoms in total. The summed E-state index contributed by atoms with van der Waals surface area (Å²) >= 11 is 0. The molecule has 144 valence electrons. The number of H-pyrrole nitrogens is 1. The highest BCUT2D eigenvalue weighted by atomic mass is 16.2. The predicted octanol–water partition coefficient (Wildman–Crippen LogP) is 1.10. The second-order valence-electron chi connectivity index (χ2n) is 6.23. The van der Waals surface area contributed by atoms with E-state index >= 15 is 0 Å². The normalized spacial score (nSPS) is 10.6. The summed E-state index contributed by atoms with van der Waals surface area (Å²) in [4.78, 5) is 50.3. The molecule has 0 radical (unpaired) electrons. The van der Waals surface area contributed by atoms with Crippen LogP contribution in [0, 0.1) is 0 Å². The van der Waals surface area contributed by atoms with Gasteiger partial charge in [0.05, 0.1) is 10.9 Å². The number of aromatic nitrogens is 2. The Balaban J connectivity index is 1.62. The molecule has 28 heavy (non-hydrogen) atoms. The summed E-state index contributed by atoms with van der Waals surface area (Å²) in [5.74, 6) is -0.886. The lowest BCUT2D eigenvalue weighted by molar-refractivity contribution is -0.122. The standard InChI is InChI=1S/C20H20N4O4/c1-2-13-7-9-14(10-8-13)18(26)23-22-17(25)11-12-24-16-6-4-3-5-15(16)19(27)21-20(24)28/h3-10H,2,11-12H2,1H3,(H,22,25)(H,23,26)(H,21,27,28). The molecule has 0 fully saturated rings. The van der Waals surface area contributed by atoms with Crippen LogP contribution in [0.4, 0.5) is 0 Å². The molecule has 0 spiro atoms. The number of hydrogen-bond donors (Lipinski definition) is 3. The van der Waals surface area contributed by atoms with Crippen molar-refractivity contribution in [1.82, 2.24) is 20.4 Å². The zero-order chi connectivity index (χ0) is 20.1. The fraction of sp³-hybridized carbons (Fsp3) is 0.200. The predicted molar refractivity (Wildman–Crippen MR) is 105 cm³/mol. The highest BCUT2D eigenvalue weighted by Gasteiger charge is 2.10. The number of aromatic amines is 1. The van der Waals surface area contributed by atoms with E-state index in [0.29, 0.717) is 16.5 Å². The van der Waals surface area contributed by atoms with Crippen molar-refractivity contribution in [2.24, 2.45) is 0 Å². The lowest BCUT2D eigenvalue weighted by Gasteiger charge is -2.10. The molecule has 2 amide bonds. The smallest absolute Gasteiger partial charge is 0.293 e. The Bertz CT molecular complexity index is 1130. The minimum Gasteiger partial charge on any atom is -0.293 e. The molecule has 0 atom stereocenters. The monoisotopic (exact) mass is 380 g/mol. The molecule has 0 aliphatic carbocycles. The summed E-state index contributed by atoms with van der Waals surface area (Å²) in [5, 5.41) is 0.367. The van der Waals surface area contributed by atoms with E-state index in [0.717, 1.165) is 12.0 Å². The van der Waals surface area contributed by atoms with Crippen LogP contribution < -0.4 is 22.1 Å². The maximum absolute atomic E-state index is 12.1. The third-order valence-corrected chi connectivity index (χ3v) is 4.41. The van der Waals surface area contributed by atoms with Gasteiger partial charge in [0.25, 0.3) is 11.5 Å². The first-order valence-electron chi connectivity index (χ1n) is 8.89. The number of amides is 2. The molecule has 0 bridgehead atoms. The number of nitrogens with one attached hydrogen (secondary N) is 3. The Hall–Kier alpha value is -3.68. The second kappa shape index (κ2) is 8.34. The summed E-state index contributed by atoms with van der Waals surface area (Å²) in [5.41, 5.74) is 5.62. The average Bonchev–Trinajstić information content (AvgIpc) is 2.72. The van der Waals surface area contributed by atoms with Gasteiger partial charge in [0, 0.05) is 18.5 Å². The average molecular weight is 380 g/mol. The fourth-order valence-electron chi connectivity index (χ4n) is 2.83. The number of rotatable bonds is 5. The lowest BCUT2D eigenvalue weighted by atomic mass is 10.1. The molecular formula is C20H20N4O4. The zero-order valence-electron chi connectivity index (χ0n) is 15.3. The molecular weight excluding hydrogens is 360 g/mol. The van der Waals surface area contributed by atoms with Crippen molar-refractivity contribution in [3.63, 3.8) is 0 Å². The first-order valence-corrected chi connectivity index (χ1v) is 8.89. The summed E-state index contributed by atoms with van der Waals surface area (Å²) in [7, 11) is 0. The Morgan fingerprint density at radius 3 is 2.43 bits per heavy atom. The molecule has 0 aliphatic rings. The van der Waals surface area contributed by atoms with Crippen LogP contribution in [0.2, 0.25) is 0 Å². The Morgan fingerprint density at radius 1 is 1.00 bits per heavy atom. The quantitative estimate of drug-likeness (QED) is 0.575. The largest absolute Gasteiger partial charge is 0.328 e. The fourth-order valence-corrected chi connectivity index (χ4v) is 2.83. The Labute approximate surface area is 160 Å². The van der Waals surface area contributed by atoms with Gasteiger partial charge in [0.2, 0.25) is 5.91 Å². The van der Waals surface area contributed by atoms with Gasteiger partial charge in [0.1, 0.15) is 0 Å². The van der Waals surface area contributed by atoms with E-state index in [9.17, 15) is 19.2 Å². The number of hydrogen-bond acceptors (Lipinski definition) is 4. The summed E-state index contributed by atoms with van der Waals surface area (Å²) < 4.78 is 1.32. The number of benzene rings is 2. The summed E-state index contributed by atoms with van der Waals surface area (Å²) in [6.45, 7) is 2.08. The van der Waals surface area contributed by atoms with Crippen molar-refractivity contribution in [3.05, 3.63) is 80.5 Å². The third-order valence-electron chi connectivity index (χ3n) is 4.41. The van der Waals surface area contributed by atoms with Crippen molar-refractivity contribution in [2.75, 3.05) is 0 Å². The number of aryl methyl sites for hydroxylation is 2. The van der Waals surface area contributed by atoms with E-state index < -0.39 is 23.1 Å². The third kappa shape index (κ3) is 4.17. The molecule has 1 aromatic heterocycles. The summed E-state index contributed by atoms with van der Waals surface area (Å²) in [6, 6.07) is 13.7. The van der Waals surface area contributed by atoms with Crippen LogP contribution in [0.1, 0.15) is 29.3 Å². The molecule has 1 heterocycles.